The number of para-hydroxylation sites is 1. The van der Waals surface area contributed by atoms with E-state index in [2.05, 4.69) is 46.7 Å². The van der Waals surface area contributed by atoms with Crippen molar-refractivity contribution in [2.75, 3.05) is 5.32 Å². The summed E-state index contributed by atoms with van der Waals surface area (Å²) in [5.74, 6) is 0.909. The SMILES string of the molecule is Cc1ccc2cccc(NCc3ccc(OC(C)C)cc3)c2n1. The lowest BCUT2D eigenvalue weighted by Crippen LogP contribution is -2.05. The van der Waals surface area contributed by atoms with Gasteiger partial charge < -0.3 is 10.1 Å². The van der Waals surface area contributed by atoms with Gasteiger partial charge in [-0.05, 0) is 50.6 Å². The minimum Gasteiger partial charge on any atom is -0.491 e. The Morgan fingerprint density at radius 2 is 1.78 bits per heavy atom. The highest BCUT2D eigenvalue weighted by atomic mass is 16.5. The van der Waals surface area contributed by atoms with Crippen LogP contribution in [0.25, 0.3) is 10.9 Å². The fraction of sp³-hybridized carbons (Fsp3) is 0.250. The van der Waals surface area contributed by atoms with Crippen molar-refractivity contribution in [3.05, 3.63) is 65.9 Å². The van der Waals surface area contributed by atoms with Gasteiger partial charge in [0.05, 0.1) is 17.3 Å². The zero-order valence-electron chi connectivity index (χ0n) is 13.8. The molecule has 0 unspecified atom stereocenters. The van der Waals surface area contributed by atoms with Crippen LogP contribution in [0.1, 0.15) is 25.1 Å². The first-order valence-corrected chi connectivity index (χ1v) is 7.97. The van der Waals surface area contributed by atoms with E-state index in [4.69, 9.17) is 4.74 Å². The van der Waals surface area contributed by atoms with Crippen LogP contribution in [0.5, 0.6) is 5.75 Å². The molecule has 0 amide bonds. The van der Waals surface area contributed by atoms with E-state index < -0.39 is 0 Å². The number of benzene rings is 2. The molecule has 0 saturated heterocycles. The number of hydrogen-bond donors (Lipinski definition) is 1. The molecule has 2 aromatic carbocycles. The molecule has 0 bridgehead atoms. The van der Waals surface area contributed by atoms with Crippen LogP contribution in [0.3, 0.4) is 0 Å². The molecule has 118 valence electrons. The summed E-state index contributed by atoms with van der Waals surface area (Å²) in [6, 6.07) is 18.6. The molecule has 3 heteroatoms. The molecule has 0 aliphatic rings. The Morgan fingerprint density at radius 1 is 1.00 bits per heavy atom. The second-order valence-electron chi connectivity index (χ2n) is 5.99. The van der Waals surface area contributed by atoms with E-state index in [0.29, 0.717) is 0 Å². The van der Waals surface area contributed by atoms with E-state index in [-0.39, 0.29) is 6.10 Å². The number of aryl methyl sites for hydroxylation is 1. The van der Waals surface area contributed by atoms with Crippen LogP contribution < -0.4 is 10.1 Å². The number of fused-ring (bicyclic) bond motifs is 1. The second kappa shape index (κ2) is 6.69. The lowest BCUT2D eigenvalue weighted by Gasteiger charge is -2.12. The molecule has 3 rings (SSSR count). The van der Waals surface area contributed by atoms with Crippen LogP contribution in [0.4, 0.5) is 5.69 Å². The van der Waals surface area contributed by atoms with Crippen molar-refractivity contribution in [1.29, 1.82) is 0 Å². The molecule has 1 heterocycles. The number of rotatable bonds is 5. The normalized spacial score (nSPS) is 11.0. The van der Waals surface area contributed by atoms with Crippen molar-refractivity contribution < 1.29 is 4.74 Å². The highest BCUT2D eigenvalue weighted by Crippen LogP contribution is 2.22. The van der Waals surface area contributed by atoms with Gasteiger partial charge in [-0.1, -0.05) is 30.3 Å². The predicted octanol–water partition coefficient (Wildman–Crippen LogP) is 4.94. The van der Waals surface area contributed by atoms with E-state index in [1.54, 1.807) is 0 Å². The molecule has 0 aliphatic carbocycles. The van der Waals surface area contributed by atoms with Gasteiger partial charge in [0, 0.05) is 17.6 Å². The van der Waals surface area contributed by atoms with Crippen LogP contribution in [-0.4, -0.2) is 11.1 Å². The lowest BCUT2D eigenvalue weighted by molar-refractivity contribution is 0.242. The van der Waals surface area contributed by atoms with Gasteiger partial charge in [-0.25, -0.2) is 0 Å². The third-order valence-electron chi connectivity index (χ3n) is 3.64. The standard InChI is InChI=1S/C20H22N2O/c1-14(2)23-18-11-8-16(9-12-18)13-21-19-6-4-5-17-10-7-15(3)22-20(17)19/h4-12,14,21H,13H2,1-3H3. The molecule has 3 nitrogen and oxygen atoms in total. The average Bonchev–Trinajstić information content (AvgIpc) is 2.53. The summed E-state index contributed by atoms with van der Waals surface area (Å²) < 4.78 is 5.67. The third kappa shape index (κ3) is 3.81. The summed E-state index contributed by atoms with van der Waals surface area (Å²) in [4.78, 5) is 4.65. The largest absolute Gasteiger partial charge is 0.491 e. The minimum absolute atomic E-state index is 0.198. The van der Waals surface area contributed by atoms with Crippen LogP contribution in [0.15, 0.2) is 54.6 Å². The molecule has 0 spiro atoms. The number of nitrogens with zero attached hydrogens (tertiary/aromatic N) is 1. The topological polar surface area (TPSA) is 34.1 Å². The van der Waals surface area contributed by atoms with Crippen molar-refractivity contribution >= 4 is 16.6 Å². The van der Waals surface area contributed by atoms with Gasteiger partial charge in [-0.2, -0.15) is 0 Å². The Hall–Kier alpha value is -2.55. The second-order valence-corrected chi connectivity index (χ2v) is 5.99. The maximum Gasteiger partial charge on any atom is 0.119 e. The van der Waals surface area contributed by atoms with Gasteiger partial charge in [0.1, 0.15) is 5.75 Å². The van der Waals surface area contributed by atoms with E-state index in [9.17, 15) is 0 Å². The van der Waals surface area contributed by atoms with Crippen LogP contribution in [-0.2, 0) is 6.54 Å². The zero-order valence-corrected chi connectivity index (χ0v) is 13.8. The zero-order chi connectivity index (χ0) is 16.2. The Kier molecular flexibility index (Phi) is 4.47. The molecule has 23 heavy (non-hydrogen) atoms. The highest BCUT2D eigenvalue weighted by molar-refractivity contribution is 5.90. The molecule has 0 radical (unpaired) electrons. The van der Waals surface area contributed by atoms with Gasteiger partial charge in [-0.3, -0.25) is 4.98 Å². The average molecular weight is 306 g/mol. The van der Waals surface area contributed by atoms with Crippen molar-refractivity contribution in [2.24, 2.45) is 0 Å². The van der Waals surface area contributed by atoms with E-state index >= 15 is 0 Å². The fourth-order valence-electron chi connectivity index (χ4n) is 2.54. The summed E-state index contributed by atoms with van der Waals surface area (Å²) in [6.45, 7) is 6.84. The molecule has 0 fully saturated rings. The first kappa shape index (κ1) is 15.3. The van der Waals surface area contributed by atoms with E-state index in [0.717, 1.165) is 34.6 Å². The maximum atomic E-state index is 5.67. The Balaban J connectivity index is 1.74. The number of ether oxygens (including phenoxy) is 1. The van der Waals surface area contributed by atoms with Gasteiger partial charge in [0.2, 0.25) is 0 Å². The Bertz CT molecular complexity index is 794. The fourth-order valence-corrected chi connectivity index (χ4v) is 2.54. The lowest BCUT2D eigenvalue weighted by atomic mass is 10.1. The molecular weight excluding hydrogens is 284 g/mol. The number of nitrogens with one attached hydrogen (secondary N) is 1. The summed E-state index contributed by atoms with van der Waals surface area (Å²) in [6.07, 6.45) is 0.198. The summed E-state index contributed by atoms with van der Waals surface area (Å²) >= 11 is 0. The first-order valence-electron chi connectivity index (χ1n) is 7.97. The molecular formula is C20H22N2O. The predicted molar refractivity (Wildman–Crippen MR) is 96.0 cm³/mol. The number of hydrogen-bond acceptors (Lipinski definition) is 3. The quantitative estimate of drug-likeness (QED) is 0.724. The van der Waals surface area contributed by atoms with Crippen LogP contribution >= 0.6 is 0 Å². The Morgan fingerprint density at radius 3 is 2.52 bits per heavy atom. The van der Waals surface area contributed by atoms with Crippen LogP contribution in [0, 0.1) is 6.92 Å². The summed E-state index contributed by atoms with van der Waals surface area (Å²) in [7, 11) is 0. The summed E-state index contributed by atoms with van der Waals surface area (Å²) in [5, 5.41) is 4.64. The van der Waals surface area contributed by atoms with Crippen molar-refractivity contribution in [2.45, 2.75) is 33.4 Å². The number of aromatic nitrogens is 1. The summed E-state index contributed by atoms with van der Waals surface area (Å²) in [5.41, 5.74) is 4.33. The third-order valence-corrected chi connectivity index (χ3v) is 3.64. The van der Waals surface area contributed by atoms with Crippen LogP contribution in [0.2, 0.25) is 0 Å². The molecule has 0 aliphatic heterocycles. The molecule has 1 N–H and O–H groups in total. The van der Waals surface area contributed by atoms with Crippen molar-refractivity contribution in [3.63, 3.8) is 0 Å². The monoisotopic (exact) mass is 306 g/mol. The smallest absolute Gasteiger partial charge is 0.119 e. The van der Waals surface area contributed by atoms with E-state index in [1.165, 1.54) is 5.56 Å². The van der Waals surface area contributed by atoms with Gasteiger partial charge in [0.15, 0.2) is 0 Å². The molecule has 0 atom stereocenters. The maximum absolute atomic E-state index is 5.67. The van der Waals surface area contributed by atoms with Gasteiger partial charge in [0.25, 0.3) is 0 Å². The Labute approximate surface area is 137 Å². The van der Waals surface area contributed by atoms with Gasteiger partial charge in [-0.15, -0.1) is 0 Å². The minimum atomic E-state index is 0.198. The van der Waals surface area contributed by atoms with Crippen molar-refractivity contribution in [3.8, 4) is 5.75 Å². The number of pyridine rings is 1. The molecule has 1 aromatic heterocycles. The number of anilines is 1. The van der Waals surface area contributed by atoms with E-state index in [1.807, 2.05) is 39.0 Å². The molecule has 0 saturated carbocycles. The first-order chi connectivity index (χ1) is 11.1. The van der Waals surface area contributed by atoms with Gasteiger partial charge >= 0.3 is 0 Å². The van der Waals surface area contributed by atoms with Crippen molar-refractivity contribution in [1.82, 2.24) is 4.98 Å². The molecule has 3 aromatic rings. The highest BCUT2D eigenvalue weighted by Gasteiger charge is 2.03.